The minimum absolute atomic E-state index is 0.0996. The van der Waals surface area contributed by atoms with E-state index in [-0.39, 0.29) is 29.9 Å². The van der Waals surface area contributed by atoms with E-state index in [2.05, 4.69) is 10.6 Å². The Balaban J connectivity index is 1.34. The molecule has 0 unspecified atom stereocenters. The van der Waals surface area contributed by atoms with Crippen LogP contribution in [0, 0.1) is 5.92 Å². The summed E-state index contributed by atoms with van der Waals surface area (Å²) in [6.07, 6.45) is 13.2. The molecule has 3 rings (SSSR count). The smallest absolute Gasteiger partial charge is 0.223 e. The second-order valence-corrected chi connectivity index (χ2v) is 7.71. The van der Waals surface area contributed by atoms with Gasteiger partial charge in [0.25, 0.3) is 0 Å². The van der Waals surface area contributed by atoms with E-state index in [1.54, 1.807) is 0 Å². The standard InChI is InChI=1S/C19H32N2O3/c22-18(10-5-13-20-19(23)14-11-12-14)21-16-8-3-4-9-17(16)24-15-6-1-2-7-15/h14-17H,1-13H2,(H,20,23)(H,21,22)/t16-,17+/m1/s1. The molecule has 3 saturated carbocycles. The average molecular weight is 336 g/mol. The first kappa shape index (κ1) is 17.7. The van der Waals surface area contributed by atoms with E-state index in [9.17, 15) is 9.59 Å². The molecule has 2 amide bonds. The highest BCUT2D eigenvalue weighted by molar-refractivity contribution is 5.81. The van der Waals surface area contributed by atoms with Gasteiger partial charge in [-0.3, -0.25) is 9.59 Å². The second-order valence-electron chi connectivity index (χ2n) is 7.71. The summed E-state index contributed by atoms with van der Waals surface area (Å²) in [6.45, 7) is 0.607. The van der Waals surface area contributed by atoms with Crippen LogP contribution in [0.15, 0.2) is 0 Å². The number of hydrogen-bond acceptors (Lipinski definition) is 3. The zero-order valence-electron chi connectivity index (χ0n) is 14.7. The maximum Gasteiger partial charge on any atom is 0.223 e. The molecule has 0 aromatic heterocycles. The van der Waals surface area contributed by atoms with Gasteiger partial charge in [-0.15, -0.1) is 0 Å². The van der Waals surface area contributed by atoms with E-state index < -0.39 is 0 Å². The number of rotatable bonds is 8. The predicted molar refractivity (Wildman–Crippen MR) is 92.5 cm³/mol. The van der Waals surface area contributed by atoms with Gasteiger partial charge in [-0.05, 0) is 44.9 Å². The fraction of sp³-hybridized carbons (Fsp3) is 0.895. The Hall–Kier alpha value is -1.10. The van der Waals surface area contributed by atoms with Crippen LogP contribution in [0.5, 0.6) is 0 Å². The van der Waals surface area contributed by atoms with Crippen LogP contribution in [0.3, 0.4) is 0 Å². The predicted octanol–water partition coefficient (Wildman–Crippen LogP) is 2.68. The lowest BCUT2D eigenvalue weighted by molar-refractivity contribution is -0.125. The zero-order valence-corrected chi connectivity index (χ0v) is 14.7. The summed E-state index contributed by atoms with van der Waals surface area (Å²) in [6, 6.07) is 0.174. The third-order valence-corrected chi connectivity index (χ3v) is 5.55. The number of carbonyl (C=O) groups excluding carboxylic acids is 2. The van der Waals surface area contributed by atoms with Crippen LogP contribution < -0.4 is 10.6 Å². The summed E-state index contributed by atoms with van der Waals surface area (Å²) in [5.74, 6) is 0.505. The van der Waals surface area contributed by atoms with Gasteiger partial charge in [0.05, 0.1) is 18.2 Å². The largest absolute Gasteiger partial charge is 0.373 e. The Morgan fingerprint density at radius 1 is 0.917 bits per heavy atom. The number of hydrogen-bond donors (Lipinski definition) is 2. The number of amides is 2. The lowest BCUT2D eigenvalue weighted by atomic mass is 9.92. The van der Waals surface area contributed by atoms with E-state index in [0.717, 1.165) is 25.7 Å². The van der Waals surface area contributed by atoms with Crippen LogP contribution in [-0.2, 0) is 14.3 Å². The molecule has 136 valence electrons. The zero-order chi connectivity index (χ0) is 16.8. The normalized spacial score (nSPS) is 27.8. The SMILES string of the molecule is O=C(CCCNC(=O)C1CC1)N[C@@H]1CCCC[C@@H]1OC1CCCC1. The van der Waals surface area contributed by atoms with Gasteiger partial charge in [0.1, 0.15) is 0 Å². The molecule has 5 nitrogen and oxygen atoms in total. The Morgan fingerprint density at radius 2 is 1.62 bits per heavy atom. The van der Waals surface area contributed by atoms with Gasteiger partial charge in [-0.1, -0.05) is 25.7 Å². The summed E-state index contributed by atoms with van der Waals surface area (Å²) in [4.78, 5) is 23.8. The van der Waals surface area contributed by atoms with Crippen molar-refractivity contribution in [2.75, 3.05) is 6.54 Å². The van der Waals surface area contributed by atoms with Gasteiger partial charge in [0.2, 0.25) is 11.8 Å². The third-order valence-electron chi connectivity index (χ3n) is 5.55. The highest BCUT2D eigenvalue weighted by Crippen LogP contribution is 2.29. The number of carbonyl (C=O) groups is 2. The monoisotopic (exact) mass is 336 g/mol. The average Bonchev–Trinajstić information content (AvgIpc) is 3.31. The van der Waals surface area contributed by atoms with Crippen LogP contribution in [0.1, 0.15) is 77.0 Å². The van der Waals surface area contributed by atoms with E-state index in [1.807, 2.05) is 0 Å². The van der Waals surface area contributed by atoms with Gasteiger partial charge in [-0.2, -0.15) is 0 Å². The van der Waals surface area contributed by atoms with E-state index in [0.29, 0.717) is 25.5 Å². The highest BCUT2D eigenvalue weighted by atomic mass is 16.5. The van der Waals surface area contributed by atoms with Crippen LogP contribution in [0.25, 0.3) is 0 Å². The van der Waals surface area contributed by atoms with E-state index in [4.69, 9.17) is 4.74 Å². The quantitative estimate of drug-likeness (QED) is 0.670. The molecule has 24 heavy (non-hydrogen) atoms. The molecule has 2 N–H and O–H groups in total. The van der Waals surface area contributed by atoms with Crippen molar-refractivity contribution in [2.24, 2.45) is 5.92 Å². The Kier molecular flexibility index (Phi) is 6.52. The van der Waals surface area contributed by atoms with E-state index in [1.165, 1.54) is 38.5 Å². The minimum atomic E-state index is 0.0996. The van der Waals surface area contributed by atoms with Crippen molar-refractivity contribution < 1.29 is 14.3 Å². The maximum absolute atomic E-state index is 12.2. The lowest BCUT2D eigenvalue weighted by Crippen LogP contribution is -2.47. The summed E-state index contributed by atoms with van der Waals surface area (Å²) in [7, 11) is 0. The Labute approximate surface area is 145 Å². The minimum Gasteiger partial charge on any atom is -0.373 e. The summed E-state index contributed by atoms with van der Waals surface area (Å²) in [5.41, 5.74) is 0. The fourth-order valence-electron chi connectivity index (χ4n) is 3.93. The van der Waals surface area contributed by atoms with Crippen molar-refractivity contribution in [1.29, 1.82) is 0 Å². The fourth-order valence-corrected chi connectivity index (χ4v) is 3.93. The van der Waals surface area contributed by atoms with Crippen molar-refractivity contribution in [1.82, 2.24) is 10.6 Å². The molecule has 5 heteroatoms. The van der Waals surface area contributed by atoms with Gasteiger partial charge in [0, 0.05) is 18.9 Å². The molecule has 0 aliphatic heterocycles. The topological polar surface area (TPSA) is 67.4 Å². The Morgan fingerprint density at radius 3 is 2.38 bits per heavy atom. The molecule has 0 aromatic carbocycles. The Bertz CT molecular complexity index is 430. The first-order chi connectivity index (χ1) is 11.7. The van der Waals surface area contributed by atoms with Crippen molar-refractivity contribution in [3.63, 3.8) is 0 Å². The van der Waals surface area contributed by atoms with Crippen molar-refractivity contribution >= 4 is 11.8 Å². The van der Waals surface area contributed by atoms with Gasteiger partial charge < -0.3 is 15.4 Å². The van der Waals surface area contributed by atoms with Crippen LogP contribution in [0.2, 0.25) is 0 Å². The molecule has 3 fully saturated rings. The molecule has 0 bridgehead atoms. The molecule has 0 radical (unpaired) electrons. The van der Waals surface area contributed by atoms with Crippen LogP contribution in [0.4, 0.5) is 0 Å². The second kappa shape index (κ2) is 8.84. The van der Waals surface area contributed by atoms with Crippen molar-refractivity contribution in [3.8, 4) is 0 Å². The first-order valence-corrected chi connectivity index (χ1v) is 9.95. The lowest BCUT2D eigenvalue weighted by Gasteiger charge is -2.34. The first-order valence-electron chi connectivity index (χ1n) is 9.95. The van der Waals surface area contributed by atoms with Crippen LogP contribution >= 0.6 is 0 Å². The molecule has 0 spiro atoms. The van der Waals surface area contributed by atoms with Crippen LogP contribution in [-0.4, -0.2) is 36.6 Å². The number of ether oxygens (including phenoxy) is 1. The number of nitrogens with one attached hydrogen (secondary N) is 2. The van der Waals surface area contributed by atoms with Gasteiger partial charge in [0.15, 0.2) is 0 Å². The molecule has 0 heterocycles. The molecule has 3 aliphatic rings. The molecular formula is C19H32N2O3. The van der Waals surface area contributed by atoms with E-state index >= 15 is 0 Å². The summed E-state index contributed by atoms with van der Waals surface area (Å²) >= 11 is 0. The highest BCUT2D eigenvalue weighted by Gasteiger charge is 2.31. The molecule has 3 aliphatic carbocycles. The summed E-state index contributed by atoms with van der Waals surface area (Å²) in [5, 5.41) is 6.11. The maximum atomic E-state index is 12.2. The molecule has 0 saturated heterocycles. The van der Waals surface area contributed by atoms with Gasteiger partial charge >= 0.3 is 0 Å². The molecule has 2 atom stereocenters. The van der Waals surface area contributed by atoms with Gasteiger partial charge in [-0.25, -0.2) is 0 Å². The van der Waals surface area contributed by atoms with Crippen molar-refractivity contribution in [2.45, 2.75) is 95.3 Å². The molecular weight excluding hydrogens is 304 g/mol. The third kappa shape index (κ3) is 5.47. The molecule has 0 aromatic rings. The summed E-state index contributed by atoms with van der Waals surface area (Å²) < 4.78 is 6.28. The van der Waals surface area contributed by atoms with Crippen molar-refractivity contribution in [3.05, 3.63) is 0 Å².